The Balaban J connectivity index is 2.45. The van der Waals surface area contributed by atoms with Crippen molar-refractivity contribution in [3.8, 4) is 0 Å². The van der Waals surface area contributed by atoms with Gasteiger partial charge in [-0.2, -0.15) is 0 Å². The zero-order chi connectivity index (χ0) is 16.7. The minimum absolute atomic E-state index is 0.0693. The van der Waals surface area contributed by atoms with Gasteiger partial charge in [-0.25, -0.2) is 22.0 Å². The molecule has 0 amide bonds. The first-order valence-corrected chi connectivity index (χ1v) is 7.99. The lowest BCUT2D eigenvalue weighted by molar-refractivity contribution is 0.0690. The largest absolute Gasteiger partial charge is 0.477 e. The van der Waals surface area contributed by atoms with Gasteiger partial charge < -0.3 is 10.1 Å². The summed E-state index contributed by atoms with van der Waals surface area (Å²) in [4.78, 5) is 12.4. The minimum Gasteiger partial charge on any atom is -0.477 e. The molecule has 0 bridgehead atoms. The summed E-state index contributed by atoms with van der Waals surface area (Å²) in [5, 5.41) is 8.88. The number of hydrogen-bond acceptors (Lipinski definition) is 3. The summed E-state index contributed by atoms with van der Waals surface area (Å²) in [6.07, 6.45) is 1.11. The number of aromatic carboxylic acids is 1. The van der Waals surface area contributed by atoms with Crippen LogP contribution in [0.2, 0.25) is 0 Å². The zero-order valence-corrected chi connectivity index (χ0v) is 13.3. The van der Waals surface area contributed by atoms with E-state index in [4.69, 9.17) is 5.11 Å². The Bertz CT molecular complexity index is 864. The molecule has 0 radical (unpaired) electrons. The van der Waals surface area contributed by atoms with E-state index in [1.807, 2.05) is 4.72 Å². The fraction of sp³-hybridized carbons (Fsp3) is 0.0833. The van der Waals surface area contributed by atoms with Crippen molar-refractivity contribution < 1.29 is 27.1 Å². The molecule has 1 aromatic heterocycles. The summed E-state index contributed by atoms with van der Waals surface area (Å²) in [5.74, 6) is -3.37. The molecular weight excluding hydrogens is 386 g/mol. The zero-order valence-electron chi connectivity index (χ0n) is 10.9. The molecule has 0 saturated heterocycles. The normalized spacial score (nSPS) is 11.5. The number of aromatic nitrogens is 1. The summed E-state index contributed by atoms with van der Waals surface area (Å²) in [7, 11) is -4.42. The molecule has 6 nitrogen and oxygen atoms in total. The van der Waals surface area contributed by atoms with Crippen molar-refractivity contribution >= 4 is 37.6 Å². The predicted octanol–water partition coefficient (Wildman–Crippen LogP) is 2.86. The van der Waals surface area contributed by atoms with Gasteiger partial charge in [-0.3, -0.25) is 4.72 Å². The quantitative estimate of drug-likeness (QED) is 0.694. The Morgan fingerprint density at radius 3 is 2.50 bits per heavy atom. The van der Waals surface area contributed by atoms with Crippen molar-refractivity contribution in [3.05, 3.63) is 45.7 Å². The summed E-state index contributed by atoms with van der Waals surface area (Å²) in [5.41, 5.74) is -0.158. The highest BCUT2D eigenvalue weighted by Gasteiger charge is 2.24. The Morgan fingerprint density at radius 1 is 1.32 bits per heavy atom. The molecule has 3 N–H and O–H groups in total. The fourth-order valence-electron chi connectivity index (χ4n) is 1.73. The molecule has 0 aliphatic rings. The lowest BCUT2D eigenvalue weighted by Gasteiger charge is -2.09. The lowest BCUT2D eigenvalue weighted by atomic mass is 10.2. The van der Waals surface area contributed by atoms with Crippen LogP contribution in [-0.2, 0) is 10.0 Å². The maximum absolute atomic E-state index is 13.7. The standard InChI is InChI=1S/C12H9BrF2N2O4S/c1-5-9(4-16-11(5)12(18)19)17-22(20,21)10-3-7(14)6(13)2-8(10)15/h2-4,16-17H,1H3,(H,18,19). The van der Waals surface area contributed by atoms with Crippen molar-refractivity contribution in [3.63, 3.8) is 0 Å². The van der Waals surface area contributed by atoms with Crippen molar-refractivity contribution in [1.82, 2.24) is 4.98 Å². The van der Waals surface area contributed by atoms with Gasteiger partial charge in [0.2, 0.25) is 0 Å². The van der Waals surface area contributed by atoms with Crippen LogP contribution in [0.1, 0.15) is 16.1 Å². The smallest absolute Gasteiger partial charge is 0.352 e. The van der Waals surface area contributed by atoms with Crippen LogP contribution in [0.3, 0.4) is 0 Å². The van der Waals surface area contributed by atoms with E-state index in [0.29, 0.717) is 12.1 Å². The number of benzene rings is 1. The first-order valence-electron chi connectivity index (χ1n) is 5.72. The van der Waals surface area contributed by atoms with E-state index in [-0.39, 0.29) is 21.4 Å². The molecular formula is C12H9BrF2N2O4S. The summed E-state index contributed by atoms with van der Waals surface area (Å²) in [6.45, 7) is 1.37. The number of carboxylic acid groups (broad SMARTS) is 1. The molecule has 0 saturated carbocycles. The first kappa shape index (κ1) is 16.4. The SMILES string of the molecule is Cc1c(NS(=O)(=O)c2cc(F)c(Br)cc2F)c[nH]c1C(=O)O. The monoisotopic (exact) mass is 394 g/mol. The van der Waals surface area contributed by atoms with Crippen LogP contribution in [0.5, 0.6) is 0 Å². The Hall–Kier alpha value is -1.94. The third kappa shape index (κ3) is 2.97. The number of halogens is 3. The third-order valence-electron chi connectivity index (χ3n) is 2.86. The van der Waals surface area contributed by atoms with E-state index < -0.39 is 32.5 Å². The molecule has 0 aliphatic carbocycles. The van der Waals surface area contributed by atoms with Gasteiger partial charge in [0.1, 0.15) is 22.2 Å². The minimum atomic E-state index is -4.42. The van der Waals surface area contributed by atoms with Crippen LogP contribution >= 0.6 is 15.9 Å². The van der Waals surface area contributed by atoms with E-state index in [2.05, 4.69) is 20.9 Å². The fourth-order valence-corrected chi connectivity index (χ4v) is 3.23. The number of aromatic amines is 1. The molecule has 0 atom stereocenters. The molecule has 10 heteroatoms. The lowest BCUT2D eigenvalue weighted by Crippen LogP contribution is -2.15. The number of hydrogen-bond donors (Lipinski definition) is 3. The van der Waals surface area contributed by atoms with Gasteiger partial charge >= 0.3 is 5.97 Å². The molecule has 118 valence electrons. The Kier molecular flexibility index (Phi) is 4.25. The predicted molar refractivity (Wildman–Crippen MR) is 77.4 cm³/mol. The second kappa shape index (κ2) is 5.69. The van der Waals surface area contributed by atoms with E-state index in [9.17, 15) is 22.0 Å². The number of rotatable bonds is 4. The van der Waals surface area contributed by atoms with Crippen LogP contribution < -0.4 is 4.72 Å². The van der Waals surface area contributed by atoms with E-state index in [0.717, 1.165) is 6.20 Å². The average molecular weight is 395 g/mol. The van der Waals surface area contributed by atoms with Gasteiger partial charge in [-0.1, -0.05) is 0 Å². The highest BCUT2D eigenvalue weighted by Crippen LogP contribution is 2.26. The average Bonchev–Trinajstić information content (AvgIpc) is 2.75. The number of nitrogens with one attached hydrogen (secondary N) is 2. The molecule has 0 spiro atoms. The van der Waals surface area contributed by atoms with Crippen LogP contribution in [0, 0.1) is 18.6 Å². The maximum atomic E-state index is 13.7. The van der Waals surface area contributed by atoms with Gasteiger partial charge in [0.05, 0.1) is 10.2 Å². The molecule has 22 heavy (non-hydrogen) atoms. The summed E-state index contributed by atoms with van der Waals surface area (Å²) >= 11 is 2.74. The molecule has 0 unspecified atom stereocenters. The van der Waals surface area contributed by atoms with Crippen molar-refractivity contribution in [2.24, 2.45) is 0 Å². The van der Waals surface area contributed by atoms with Crippen LogP contribution in [-0.4, -0.2) is 24.5 Å². The molecule has 0 aliphatic heterocycles. The van der Waals surface area contributed by atoms with E-state index in [1.54, 1.807) is 0 Å². The summed E-state index contributed by atoms with van der Waals surface area (Å²) in [6, 6.07) is 1.22. The number of anilines is 1. The van der Waals surface area contributed by atoms with Crippen molar-refractivity contribution in [1.29, 1.82) is 0 Å². The topological polar surface area (TPSA) is 99.3 Å². The van der Waals surface area contributed by atoms with E-state index >= 15 is 0 Å². The van der Waals surface area contributed by atoms with Crippen LogP contribution in [0.25, 0.3) is 0 Å². The van der Waals surface area contributed by atoms with Crippen LogP contribution in [0.15, 0.2) is 27.7 Å². The highest BCUT2D eigenvalue weighted by molar-refractivity contribution is 9.10. The third-order valence-corrected chi connectivity index (χ3v) is 4.85. The number of sulfonamides is 1. The van der Waals surface area contributed by atoms with Gasteiger partial charge in [0, 0.05) is 11.8 Å². The second-order valence-corrected chi connectivity index (χ2v) is 6.81. The highest BCUT2D eigenvalue weighted by atomic mass is 79.9. The van der Waals surface area contributed by atoms with Gasteiger partial charge in [-0.05, 0) is 35.0 Å². The van der Waals surface area contributed by atoms with Crippen molar-refractivity contribution in [2.75, 3.05) is 4.72 Å². The van der Waals surface area contributed by atoms with Gasteiger partial charge in [-0.15, -0.1) is 0 Å². The summed E-state index contributed by atoms with van der Waals surface area (Å²) < 4.78 is 53.2. The first-order chi connectivity index (χ1) is 10.1. The van der Waals surface area contributed by atoms with Gasteiger partial charge in [0.15, 0.2) is 0 Å². The molecule has 1 heterocycles. The molecule has 2 rings (SSSR count). The van der Waals surface area contributed by atoms with E-state index in [1.165, 1.54) is 6.92 Å². The number of H-pyrrole nitrogens is 1. The molecule has 1 aromatic carbocycles. The Labute approximate surface area is 132 Å². The van der Waals surface area contributed by atoms with Crippen molar-refractivity contribution in [2.45, 2.75) is 11.8 Å². The van der Waals surface area contributed by atoms with Crippen LogP contribution in [0.4, 0.5) is 14.5 Å². The second-order valence-electron chi connectivity index (χ2n) is 4.31. The van der Waals surface area contributed by atoms with Gasteiger partial charge in [0.25, 0.3) is 10.0 Å². The molecule has 0 fully saturated rings. The number of carboxylic acids is 1. The maximum Gasteiger partial charge on any atom is 0.352 e. The molecule has 2 aromatic rings. The number of carbonyl (C=O) groups is 1. The Morgan fingerprint density at radius 2 is 1.95 bits per heavy atom.